The van der Waals surface area contributed by atoms with Gasteiger partial charge in [-0.15, -0.1) is 0 Å². The number of ether oxygens (including phenoxy) is 2. The molecule has 0 amide bonds. The Labute approximate surface area is 70.4 Å². The molecule has 5 nitrogen and oxygen atoms in total. The fourth-order valence-corrected chi connectivity index (χ4v) is 0.801. The maximum absolute atomic E-state index is 11.0. The number of hydrogen-bond donors (Lipinski definition) is 2. The van der Waals surface area contributed by atoms with Gasteiger partial charge in [-0.25, -0.2) is 4.79 Å². The molecule has 0 radical (unpaired) electrons. The van der Waals surface area contributed by atoms with Crippen molar-refractivity contribution < 1.29 is 19.4 Å². The molecule has 1 atom stereocenters. The molecule has 0 aromatic rings. The molecule has 1 fully saturated rings. The molecule has 0 bridgehead atoms. The highest BCUT2D eigenvalue weighted by Gasteiger charge is 2.25. The number of hydrogen-bond acceptors (Lipinski definition) is 5. The van der Waals surface area contributed by atoms with Gasteiger partial charge in [-0.1, -0.05) is 0 Å². The highest BCUT2D eigenvalue weighted by atomic mass is 16.6. The van der Waals surface area contributed by atoms with Gasteiger partial charge >= 0.3 is 5.97 Å². The zero-order valence-corrected chi connectivity index (χ0v) is 6.73. The Hall–Kier alpha value is -0.650. The molecule has 0 saturated carbocycles. The Morgan fingerprint density at radius 2 is 2.42 bits per heavy atom. The molecular formula is C7H13NO4. The van der Waals surface area contributed by atoms with Crippen molar-refractivity contribution in [3.05, 3.63) is 0 Å². The number of carbonyl (C=O) groups excluding carboxylic acids is 1. The van der Waals surface area contributed by atoms with Crippen molar-refractivity contribution in [1.29, 1.82) is 0 Å². The van der Waals surface area contributed by atoms with E-state index in [1.54, 1.807) is 0 Å². The van der Waals surface area contributed by atoms with Gasteiger partial charge < -0.3 is 20.3 Å². The summed E-state index contributed by atoms with van der Waals surface area (Å²) in [5.41, 5.74) is 5.15. The molecule has 0 unspecified atom stereocenters. The summed E-state index contributed by atoms with van der Waals surface area (Å²) in [6.45, 7) is 1.14. The first-order valence-electron chi connectivity index (χ1n) is 3.90. The van der Waals surface area contributed by atoms with Gasteiger partial charge in [0.2, 0.25) is 0 Å². The minimum Gasteiger partial charge on any atom is -0.456 e. The second-order valence-electron chi connectivity index (χ2n) is 2.69. The van der Waals surface area contributed by atoms with E-state index in [0.717, 1.165) is 0 Å². The fourth-order valence-electron chi connectivity index (χ4n) is 0.801. The summed E-state index contributed by atoms with van der Waals surface area (Å²) in [5.74, 6) is -0.603. The molecule has 0 aliphatic carbocycles. The van der Waals surface area contributed by atoms with E-state index in [9.17, 15) is 4.79 Å². The standard InChI is InChI=1S/C7H13NO4/c8-2-1-6(9)7(10)12-5-3-11-4-5/h5-6,9H,1-4,8H2/t6-/m0/s1. The lowest BCUT2D eigenvalue weighted by atomic mass is 10.2. The molecular weight excluding hydrogens is 162 g/mol. The van der Waals surface area contributed by atoms with Crippen LogP contribution < -0.4 is 5.73 Å². The van der Waals surface area contributed by atoms with E-state index in [4.69, 9.17) is 20.3 Å². The quantitative estimate of drug-likeness (QED) is 0.515. The molecule has 5 heteroatoms. The van der Waals surface area contributed by atoms with Crippen LogP contribution in [0, 0.1) is 0 Å². The van der Waals surface area contributed by atoms with Crippen molar-refractivity contribution in [2.75, 3.05) is 19.8 Å². The van der Waals surface area contributed by atoms with Gasteiger partial charge in [0, 0.05) is 0 Å². The van der Waals surface area contributed by atoms with E-state index >= 15 is 0 Å². The third-order valence-electron chi connectivity index (χ3n) is 1.60. The van der Waals surface area contributed by atoms with Crippen LogP contribution in [0.5, 0.6) is 0 Å². The summed E-state index contributed by atoms with van der Waals surface area (Å²) in [6.07, 6.45) is -1.02. The van der Waals surface area contributed by atoms with Gasteiger partial charge in [-0.05, 0) is 13.0 Å². The molecule has 70 valence electrons. The number of carbonyl (C=O) groups is 1. The first kappa shape index (κ1) is 9.44. The van der Waals surface area contributed by atoms with Gasteiger partial charge in [0.25, 0.3) is 0 Å². The van der Waals surface area contributed by atoms with E-state index in [-0.39, 0.29) is 19.1 Å². The van der Waals surface area contributed by atoms with Crippen LogP contribution in [0.3, 0.4) is 0 Å². The molecule has 3 N–H and O–H groups in total. The van der Waals surface area contributed by atoms with Crippen LogP contribution in [-0.2, 0) is 14.3 Å². The summed E-state index contributed by atoms with van der Waals surface area (Å²) in [5, 5.41) is 9.09. The average molecular weight is 175 g/mol. The first-order valence-corrected chi connectivity index (χ1v) is 3.90. The average Bonchev–Trinajstić information content (AvgIpc) is 1.97. The summed E-state index contributed by atoms with van der Waals surface area (Å²) in [7, 11) is 0. The van der Waals surface area contributed by atoms with E-state index in [1.807, 2.05) is 0 Å². The second-order valence-corrected chi connectivity index (χ2v) is 2.69. The number of aliphatic hydroxyl groups excluding tert-OH is 1. The van der Waals surface area contributed by atoms with Gasteiger partial charge in [0.15, 0.2) is 6.10 Å². The van der Waals surface area contributed by atoms with E-state index < -0.39 is 12.1 Å². The van der Waals surface area contributed by atoms with Crippen molar-refractivity contribution in [3.63, 3.8) is 0 Å². The lowest BCUT2D eigenvalue weighted by Gasteiger charge is -2.26. The molecule has 1 aliphatic rings. The van der Waals surface area contributed by atoms with Gasteiger partial charge in [-0.2, -0.15) is 0 Å². The minimum atomic E-state index is -1.09. The molecule has 0 spiro atoms. The third-order valence-corrected chi connectivity index (χ3v) is 1.60. The Morgan fingerprint density at radius 3 is 2.83 bits per heavy atom. The zero-order valence-electron chi connectivity index (χ0n) is 6.73. The number of aliphatic hydroxyl groups is 1. The number of rotatable bonds is 4. The Kier molecular flexibility index (Phi) is 3.46. The van der Waals surface area contributed by atoms with Crippen LogP contribution in [0.4, 0.5) is 0 Å². The summed E-state index contributed by atoms with van der Waals surface area (Å²) in [6, 6.07) is 0. The zero-order chi connectivity index (χ0) is 8.97. The summed E-state index contributed by atoms with van der Waals surface area (Å²) in [4.78, 5) is 11.0. The largest absolute Gasteiger partial charge is 0.456 e. The van der Waals surface area contributed by atoms with E-state index in [0.29, 0.717) is 13.2 Å². The van der Waals surface area contributed by atoms with Crippen LogP contribution >= 0.6 is 0 Å². The van der Waals surface area contributed by atoms with Crippen molar-refractivity contribution in [3.8, 4) is 0 Å². The Morgan fingerprint density at radius 1 is 1.75 bits per heavy atom. The van der Waals surface area contributed by atoms with E-state index in [1.165, 1.54) is 0 Å². The van der Waals surface area contributed by atoms with Crippen molar-refractivity contribution in [2.24, 2.45) is 5.73 Å². The van der Waals surface area contributed by atoms with Crippen LogP contribution in [0.1, 0.15) is 6.42 Å². The Balaban J connectivity index is 2.16. The van der Waals surface area contributed by atoms with Gasteiger partial charge in [0.1, 0.15) is 6.10 Å². The van der Waals surface area contributed by atoms with Crippen LogP contribution in [0.25, 0.3) is 0 Å². The predicted octanol–water partition coefficient (Wildman–Crippen LogP) is -1.36. The van der Waals surface area contributed by atoms with Crippen molar-refractivity contribution in [2.45, 2.75) is 18.6 Å². The third kappa shape index (κ3) is 2.44. The first-order chi connectivity index (χ1) is 5.74. The topological polar surface area (TPSA) is 81.8 Å². The molecule has 1 heterocycles. The predicted molar refractivity (Wildman–Crippen MR) is 40.4 cm³/mol. The monoisotopic (exact) mass is 175 g/mol. The highest BCUT2D eigenvalue weighted by Crippen LogP contribution is 2.07. The molecule has 12 heavy (non-hydrogen) atoms. The normalized spacial score (nSPS) is 19.8. The highest BCUT2D eigenvalue weighted by molar-refractivity contribution is 5.74. The van der Waals surface area contributed by atoms with E-state index in [2.05, 4.69) is 0 Å². The number of esters is 1. The summed E-state index contributed by atoms with van der Waals surface area (Å²) >= 11 is 0. The fraction of sp³-hybridized carbons (Fsp3) is 0.857. The molecule has 1 aliphatic heterocycles. The smallest absolute Gasteiger partial charge is 0.335 e. The van der Waals surface area contributed by atoms with Crippen molar-refractivity contribution in [1.82, 2.24) is 0 Å². The SMILES string of the molecule is NCC[C@H](O)C(=O)OC1COC1. The maximum Gasteiger partial charge on any atom is 0.335 e. The van der Waals surface area contributed by atoms with Gasteiger partial charge in [-0.3, -0.25) is 0 Å². The lowest BCUT2D eigenvalue weighted by molar-refractivity contribution is -0.181. The number of nitrogens with two attached hydrogens (primary N) is 1. The molecule has 0 aromatic heterocycles. The molecule has 1 rings (SSSR count). The minimum absolute atomic E-state index is 0.176. The van der Waals surface area contributed by atoms with Crippen LogP contribution in [0.15, 0.2) is 0 Å². The summed E-state index contributed by atoms with van der Waals surface area (Å²) < 4.78 is 9.62. The van der Waals surface area contributed by atoms with Gasteiger partial charge in [0.05, 0.1) is 13.2 Å². The van der Waals surface area contributed by atoms with Crippen LogP contribution in [0.2, 0.25) is 0 Å². The Bertz CT molecular complexity index is 157. The van der Waals surface area contributed by atoms with Crippen molar-refractivity contribution >= 4 is 5.97 Å². The molecule has 0 aromatic carbocycles. The second kappa shape index (κ2) is 4.39. The maximum atomic E-state index is 11.0. The molecule has 1 saturated heterocycles. The lowest BCUT2D eigenvalue weighted by Crippen LogP contribution is -2.40. The van der Waals surface area contributed by atoms with Crippen LogP contribution in [-0.4, -0.2) is 43.0 Å².